The number of benzene rings is 1. The molecule has 1 atom stereocenters. The number of aromatic nitrogens is 1. The second kappa shape index (κ2) is 7.27. The summed E-state index contributed by atoms with van der Waals surface area (Å²) in [5.41, 5.74) is 2.42. The first-order valence-corrected chi connectivity index (χ1v) is 6.97. The number of hydrogen-bond acceptors (Lipinski definition) is 2. The van der Waals surface area contributed by atoms with Crippen LogP contribution in [-0.4, -0.2) is 18.1 Å². The zero-order chi connectivity index (χ0) is 13.5. The van der Waals surface area contributed by atoms with E-state index in [0.29, 0.717) is 6.04 Å². The minimum atomic E-state index is 0.445. The maximum atomic E-state index is 6.01. The van der Waals surface area contributed by atoms with Gasteiger partial charge in [-0.05, 0) is 56.1 Å². The number of hydrogen-bond donors (Lipinski definition) is 1. The predicted octanol–water partition coefficient (Wildman–Crippen LogP) is 3.50. The maximum Gasteiger partial charge on any atom is 0.0408 e. The average Bonchev–Trinajstić information content (AvgIpc) is 2.44. The molecule has 0 aliphatic heterocycles. The van der Waals surface area contributed by atoms with Crippen molar-refractivity contribution in [2.45, 2.75) is 25.3 Å². The SMILES string of the molecule is CNC(CCc1ccccn1)Cc1cccc(Cl)c1. The lowest BCUT2D eigenvalue weighted by Gasteiger charge is -2.16. The zero-order valence-corrected chi connectivity index (χ0v) is 11.9. The van der Waals surface area contributed by atoms with Gasteiger partial charge >= 0.3 is 0 Å². The molecular weight excluding hydrogens is 256 g/mol. The van der Waals surface area contributed by atoms with Crippen molar-refractivity contribution >= 4 is 11.6 Å². The number of likely N-dealkylation sites (N-methyl/N-ethyl adjacent to an activating group) is 1. The van der Waals surface area contributed by atoms with E-state index in [1.165, 1.54) is 5.56 Å². The van der Waals surface area contributed by atoms with Gasteiger partial charge in [-0.15, -0.1) is 0 Å². The Kier molecular flexibility index (Phi) is 5.37. The van der Waals surface area contributed by atoms with Crippen LogP contribution in [-0.2, 0) is 12.8 Å². The largest absolute Gasteiger partial charge is 0.317 e. The van der Waals surface area contributed by atoms with E-state index in [9.17, 15) is 0 Å². The smallest absolute Gasteiger partial charge is 0.0408 e. The first-order chi connectivity index (χ1) is 9.28. The third kappa shape index (κ3) is 4.66. The molecule has 0 aliphatic carbocycles. The molecule has 19 heavy (non-hydrogen) atoms. The molecule has 0 saturated heterocycles. The molecule has 0 fully saturated rings. The van der Waals surface area contributed by atoms with Gasteiger partial charge in [0.2, 0.25) is 0 Å². The van der Waals surface area contributed by atoms with E-state index in [-0.39, 0.29) is 0 Å². The van der Waals surface area contributed by atoms with Crippen LogP contribution in [0.5, 0.6) is 0 Å². The Labute approximate surface area is 119 Å². The van der Waals surface area contributed by atoms with Gasteiger partial charge in [-0.25, -0.2) is 0 Å². The van der Waals surface area contributed by atoms with Crippen LogP contribution in [0.3, 0.4) is 0 Å². The van der Waals surface area contributed by atoms with Gasteiger partial charge in [-0.3, -0.25) is 4.98 Å². The van der Waals surface area contributed by atoms with E-state index in [2.05, 4.69) is 22.4 Å². The normalized spacial score (nSPS) is 12.3. The molecule has 0 saturated carbocycles. The molecule has 1 N–H and O–H groups in total. The fourth-order valence-corrected chi connectivity index (χ4v) is 2.38. The fraction of sp³-hybridized carbons (Fsp3) is 0.312. The van der Waals surface area contributed by atoms with Crippen molar-refractivity contribution in [2.24, 2.45) is 0 Å². The second-order valence-electron chi connectivity index (χ2n) is 4.68. The summed E-state index contributed by atoms with van der Waals surface area (Å²) in [6, 6.07) is 14.6. The van der Waals surface area contributed by atoms with Crippen molar-refractivity contribution in [3.8, 4) is 0 Å². The van der Waals surface area contributed by atoms with E-state index in [1.807, 2.05) is 43.6 Å². The van der Waals surface area contributed by atoms with Crippen molar-refractivity contribution in [2.75, 3.05) is 7.05 Å². The van der Waals surface area contributed by atoms with Crippen LogP contribution in [0.2, 0.25) is 5.02 Å². The lowest BCUT2D eigenvalue weighted by Crippen LogP contribution is -2.28. The first-order valence-electron chi connectivity index (χ1n) is 6.59. The van der Waals surface area contributed by atoms with E-state index >= 15 is 0 Å². The van der Waals surface area contributed by atoms with Crippen molar-refractivity contribution in [3.63, 3.8) is 0 Å². The van der Waals surface area contributed by atoms with Gasteiger partial charge < -0.3 is 5.32 Å². The Morgan fingerprint density at radius 1 is 1.21 bits per heavy atom. The topological polar surface area (TPSA) is 24.9 Å². The highest BCUT2D eigenvalue weighted by atomic mass is 35.5. The Hall–Kier alpha value is -1.38. The molecule has 2 nitrogen and oxygen atoms in total. The fourth-order valence-electron chi connectivity index (χ4n) is 2.17. The summed E-state index contributed by atoms with van der Waals surface area (Å²) >= 11 is 6.01. The van der Waals surface area contributed by atoms with E-state index < -0.39 is 0 Å². The molecule has 1 unspecified atom stereocenters. The van der Waals surface area contributed by atoms with Crippen LogP contribution in [0.4, 0.5) is 0 Å². The van der Waals surface area contributed by atoms with Crippen molar-refractivity contribution in [1.82, 2.24) is 10.3 Å². The Balaban J connectivity index is 1.90. The standard InChI is InChI=1S/C16H19ClN2/c1-18-16(9-8-15-7-2-3-10-19-15)12-13-5-4-6-14(17)11-13/h2-7,10-11,16,18H,8-9,12H2,1H3. The summed E-state index contributed by atoms with van der Waals surface area (Å²) in [5.74, 6) is 0. The number of nitrogens with one attached hydrogen (secondary N) is 1. The average molecular weight is 275 g/mol. The monoisotopic (exact) mass is 274 g/mol. The van der Waals surface area contributed by atoms with Gasteiger partial charge in [0, 0.05) is 23.0 Å². The highest BCUT2D eigenvalue weighted by Gasteiger charge is 2.08. The minimum absolute atomic E-state index is 0.445. The van der Waals surface area contributed by atoms with Gasteiger partial charge in [-0.1, -0.05) is 29.8 Å². The molecule has 2 aromatic rings. The summed E-state index contributed by atoms with van der Waals surface area (Å²) in [6.07, 6.45) is 4.90. The lowest BCUT2D eigenvalue weighted by atomic mass is 10.0. The molecule has 0 spiro atoms. The van der Waals surface area contributed by atoms with E-state index in [0.717, 1.165) is 30.0 Å². The summed E-state index contributed by atoms with van der Waals surface area (Å²) in [5, 5.41) is 4.17. The van der Waals surface area contributed by atoms with Gasteiger partial charge in [0.1, 0.15) is 0 Å². The maximum absolute atomic E-state index is 6.01. The van der Waals surface area contributed by atoms with Crippen LogP contribution >= 0.6 is 11.6 Å². The number of nitrogens with zero attached hydrogens (tertiary/aromatic N) is 1. The molecule has 0 bridgehead atoms. The quantitative estimate of drug-likeness (QED) is 0.872. The molecule has 1 aromatic carbocycles. The van der Waals surface area contributed by atoms with Crippen molar-refractivity contribution in [3.05, 3.63) is 64.9 Å². The molecule has 100 valence electrons. The van der Waals surface area contributed by atoms with Gasteiger partial charge in [0.15, 0.2) is 0 Å². The number of aryl methyl sites for hydroxylation is 1. The summed E-state index contributed by atoms with van der Waals surface area (Å²) in [4.78, 5) is 4.36. The van der Waals surface area contributed by atoms with Crippen molar-refractivity contribution < 1.29 is 0 Å². The summed E-state index contributed by atoms with van der Waals surface area (Å²) < 4.78 is 0. The summed E-state index contributed by atoms with van der Waals surface area (Å²) in [7, 11) is 2.01. The third-order valence-electron chi connectivity index (χ3n) is 3.25. The van der Waals surface area contributed by atoms with Crippen LogP contribution in [0.15, 0.2) is 48.7 Å². The van der Waals surface area contributed by atoms with E-state index in [1.54, 1.807) is 0 Å². The van der Waals surface area contributed by atoms with Gasteiger partial charge in [0.05, 0.1) is 0 Å². The van der Waals surface area contributed by atoms with Gasteiger partial charge in [0.25, 0.3) is 0 Å². The van der Waals surface area contributed by atoms with Crippen LogP contribution in [0.25, 0.3) is 0 Å². The zero-order valence-electron chi connectivity index (χ0n) is 11.1. The molecular formula is C16H19ClN2. The number of pyridine rings is 1. The molecule has 0 radical (unpaired) electrons. The predicted molar refractivity (Wildman–Crippen MR) is 80.6 cm³/mol. The highest BCUT2D eigenvalue weighted by molar-refractivity contribution is 6.30. The molecule has 0 amide bonds. The molecule has 3 heteroatoms. The first kappa shape index (κ1) is 14.0. The summed E-state index contributed by atoms with van der Waals surface area (Å²) in [6.45, 7) is 0. The Morgan fingerprint density at radius 3 is 2.79 bits per heavy atom. The van der Waals surface area contributed by atoms with Crippen LogP contribution in [0, 0.1) is 0 Å². The molecule has 0 aliphatic rings. The van der Waals surface area contributed by atoms with Crippen LogP contribution < -0.4 is 5.32 Å². The Morgan fingerprint density at radius 2 is 2.11 bits per heavy atom. The van der Waals surface area contributed by atoms with Crippen molar-refractivity contribution in [1.29, 1.82) is 0 Å². The number of rotatable bonds is 6. The van der Waals surface area contributed by atoms with Crippen LogP contribution in [0.1, 0.15) is 17.7 Å². The highest BCUT2D eigenvalue weighted by Crippen LogP contribution is 2.14. The number of halogens is 1. The minimum Gasteiger partial charge on any atom is -0.317 e. The second-order valence-corrected chi connectivity index (χ2v) is 5.12. The Bertz CT molecular complexity index is 499. The third-order valence-corrected chi connectivity index (χ3v) is 3.49. The molecule has 1 heterocycles. The lowest BCUT2D eigenvalue weighted by molar-refractivity contribution is 0.517. The van der Waals surface area contributed by atoms with E-state index in [4.69, 9.17) is 11.6 Å². The van der Waals surface area contributed by atoms with Gasteiger partial charge in [-0.2, -0.15) is 0 Å². The molecule has 2 rings (SSSR count). The molecule has 1 aromatic heterocycles.